The van der Waals surface area contributed by atoms with Crippen molar-refractivity contribution in [3.05, 3.63) is 32.6 Å². The molecule has 1 aromatic heterocycles. The first-order chi connectivity index (χ1) is 8.03. The summed E-state index contributed by atoms with van der Waals surface area (Å²) in [6.07, 6.45) is 0. The maximum atomic E-state index is 11.9. The van der Waals surface area contributed by atoms with Gasteiger partial charge in [0.2, 0.25) is 0 Å². The van der Waals surface area contributed by atoms with Crippen molar-refractivity contribution in [2.45, 2.75) is 38.8 Å². The fraction of sp³-hybridized carbons (Fsp3) is 0.545. The second-order valence-electron chi connectivity index (χ2n) is 5.14. The van der Waals surface area contributed by atoms with E-state index in [0.29, 0.717) is 0 Å². The second-order valence-corrected chi connectivity index (χ2v) is 5.14. The maximum absolute atomic E-state index is 11.9. The molecule has 0 spiro atoms. The average molecular weight is 255 g/mol. The molecule has 0 bridgehead atoms. The zero-order chi connectivity index (χ0) is 14.1. The summed E-state index contributed by atoms with van der Waals surface area (Å²) in [4.78, 5) is 38.2. The van der Waals surface area contributed by atoms with E-state index in [9.17, 15) is 19.5 Å². The summed E-state index contributed by atoms with van der Waals surface area (Å²) in [5.41, 5.74) is -3.66. The van der Waals surface area contributed by atoms with Crippen LogP contribution in [0.25, 0.3) is 0 Å². The molecule has 18 heavy (non-hydrogen) atoms. The Morgan fingerprint density at radius 3 is 2.22 bits per heavy atom. The van der Waals surface area contributed by atoms with Crippen molar-refractivity contribution in [2.75, 3.05) is 0 Å². The third-order valence-electron chi connectivity index (χ3n) is 2.96. The van der Waals surface area contributed by atoms with E-state index in [1.807, 2.05) is 4.98 Å². The zero-order valence-electron chi connectivity index (χ0n) is 10.7. The molecule has 7 nitrogen and oxygen atoms in total. The van der Waals surface area contributed by atoms with Gasteiger partial charge in [-0.3, -0.25) is 14.6 Å². The molecule has 0 fully saturated rings. The van der Waals surface area contributed by atoms with Crippen molar-refractivity contribution in [3.63, 3.8) is 0 Å². The monoisotopic (exact) mass is 255 g/mol. The molecule has 1 heterocycles. The van der Waals surface area contributed by atoms with Crippen molar-refractivity contribution in [3.8, 4) is 0 Å². The number of carbonyl (C=O) groups is 1. The van der Waals surface area contributed by atoms with E-state index in [-0.39, 0.29) is 5.69 Å². The van der Waals surface area contributed by atoms with Gasteiger partial charge in [0.15, 0.2) is 0 Å². The SMILES string of the molecule is CC(C)(O)C(C)(C)NC(=O)c1cc(=O)[nH]c(=O)[nH]1. The number of hydrogen-bond donors (Lipinski definition) is 4. The van der Waals surface area contributed by atoms with Gasteiger partial charge in [0.05, 0.1) is 11.1 Å². The van der Waals surface area contributed by atoms with Crippen molar-refractivity contribution >= 4 is 5.91 Å². The van der Waals surface area contributed by atoms with Crippen LogP contribution in [0.3, 0.4) is 0 Å². The summed E-state index contributed by atoms with van der Waals surface area (Å²) in [7, 11) is 0. The number of rotatable bonds is 3. The van der Waals surface area contributed by atoms with Crippen LogP contribution in [0.4, 0.5) is 0 Å². The molecule has 4 N–H and O–H groups in total. The Morgan fingerprint density at radius 2 is 1.78 bits per heavy atom. The van der Waals surface area contributed by atoms with Crippen LogP contribution in [0.2, 0.25) is 0 Å². The predicted molar refractivity (Wildman–Crippen MR) is 65.5 cm³/mol. The molecule has 0 aliphatic heterocycles. The molecule has 7 heteroatoms. The highest BCUT2D eigenvalue weighted by molar-refractivity contribution is 5.92. The maximum Gasteiger partial charge on any atom is 0.326 e. The Bertz CT molecular complexity index is 534. The van der Waals surface area contributed by atoms with Gasteiger partial charge in [0.25, 0.3) is 11.5 Å². The molecular formula is C11H17N3O4. The molecule has 0 unspecified atom stereocenters. The quantitative estimate of drug-likeness (QED) is 0.574. The summed E-state index contributed by atoms with van der Waals surface area (Å²) >= 11 is 0. The van der Waals surface area contributed by atoms with Crippen LogP contribution in [-0.4, -0.2) is 32.1 Å². The van der Waals surface area contributed by atoms with Crippen molar-refractivity contribution in [1.82, 2.24) is 15.3 Å². The Hall–Kier alpha value is -1.89. The Balaban J connectivity index is 3.03. The first kappa shape index (κ1) is 14.2. The van der Waals surface area contributed by atoms with E-state index in [0.717, 1.165) is 6.07 Å². The van der Waals surface area contributed by atoms with Crippen LogP contribution in [0, 0.1) is 0 Å². The van der Waals surface area contributed by atoms with Crippen LogP contribution >= 0.6 is 0 Å². The lowest BCUT2D eigenvalue weighted by Gasteiger charge is -2.37. The minimum absolute atomic E-state index is 0.152. The van der Waals surface area contributed by atoms with Crippen molar-refractivity contribution in [2.24, 2.45) is 0 Å². The summed E-state index contributed by atoms with van der Waals surface area (Å²) in [6.45, 7) is 6.37. The minimum Gasteiger partial charge on any atom is -0.388 e. The highest BCUT2D eigenvalue weighted by Crippen LogP contribution is 2.20. The van der Waals surface area contributed by atoms with E-state index in [2.05, 4.69) is 10.3 Å². The number of hydrogen-bond acceptors (Lipinski definition) is 4. The summed E-state index contributed by atoms with van der Waals surface area (Å²) in [5, 5.41) is 12.5. The molecule has 0 aromatic carbocycles. The number of carbonyl (C=O) groups excluding carboxylic acids is 1. The second kappa shape index (κ2) is 4.41. The Labute approximate surface area is 103 Å². The molecule has 0 aliphatic carbocycles. The topological polar surface area (TPSA) is 115 Å². The predicted octanol–water partition coefficient (Wildman–Crippen LogP) is -0.657. The fourth-order valence-corrected chi connectivity index (χ4v) is 1.10. The van der Waals surface area contributed by atoms with Crippen LogP contribution in [0.5, 0.6) is 0 Å². The molecule has 100 valence electrons. The van der Waals surface area contributed by atoms with Gasteiger partial charge in [-0.15, -0.1) is 0 Å². The zero-order valence-corrected chi connectivity index (χ0v) is 10.7. The fourth-order valence-electron chi connectivity index (χ4n) is 1.10. The van der Waals surface area contributed by atoms with E-state index < -0.39 is 28.3 Å². The molecule has 0 atom stereocenters. The molecular weight excluding hydrogens is 238 g/mol. The van der Waals surface area contributed by atoms with E-state index in [1.54, 1.807) is 27.7 Å². The molecule has 1 amide bonds. The largest absolute Gasteiger partial charge is 0.388 e. The van der Waals surface area contributed by atoms with Gasteiger partial charge in [-0.1, -0.05) is 0 Å². The van der Waals surface area contributed by atoms with Gasteiger partial charge in [0, 0.05) is 6.07 Å². The lowest BCUT2D eigenvalue weighted by molar-refractivity contribution is -0.00303. The van der Waals surface area contributed by atoms with Crippen molar-refractivity contribution < 1.29 is 9.90 Å². The number of aromatic amines is 2. The molecule has 0 saturated carbocycles. The number of nitrogens with one attached hydrogen (secondary N) is 3. The standard InChI is InChI=1S/C11H17N3O4/c1-10(2,11(3,4)18)14-8(16)6-5-7(15)13-9(17)12-6/h5,18H,1-4H3,(H,14,16)(H2,12,13,15,17). The summed E-state index contributed by atoms with van der Waals surface area (Å²) in [6, 6.07) is 0.983. The first-order valence-corrected chi connectivity index (χ1v) is 5.41. The highest BCUT2D eigenvalue weighted by Gasteiger charge is 2.36. The minimum atomic E-state index is -1.16. The van der Waals surface area contributed by atoms with Crippen LogP contribution in [0.1, 0.15) is 38.2 Å². The Morgan fingerprint density at radius 1 is 1.22 bits per heavy atom. The molecule has 1 rings (SSSR count). The van der Waals surface area contributed by atoms with Gasteiger partial charge >= 0.3 is 5.69 Å². The average Bonchev–Trinajstić information content (AvgIpc) is 2.13. The van der Waals surface area contributed by atoms with Crippen LogP contribution in [-0.2, 0) is 0 Å². The summed E-state index contributed by atoms with van der Waals surface area (Å²) in [5.74, 6) is -0.634. The van der Waals surface area contributed by atoms with Crippen LogP contribution < -0.4 is 16.6 Å². The molecule has 0 aliphatic rings. The number of aliphatic hydroxyl groups is 1. The third-order valence-corrected chi connectivity index (χ3v) is 2.96. The first-order valence-electron chi connectivity index (χ1n) is 5.41. The van der Waals surface area contributed by atoms with Crippen molar-refractivity contribution in [1.29, 1.82) is 0 Å². The number of amides is 1. The van der Waals surface area contributed by atoms with Gasteiger partial charge < -0.3 is 15.4 Å². The van der Waals surface area contributed by atoms with Gasteiger partial charge in [-0.25, -0.2) is 4.79 Å². The van der Waals surface area contributed by atoms with E-state index >= 15 is 0 Å². The summed E-state index contributed by atoms with van der Waals surface area (Å²) < 4.78 is 0. The van der Waals surface area contributed by atoms with E-state index in [4.69, 9.17) is 0 Å². The van der Waals surface area contributed by atoms with E-state index in [1.165, 1.54) is 0 Å². The number of H-pyrrole nitrogens is 2. The van der Waals surface area contributed by atoms with Gasteiger partial charge in [-0.05, 0) is 27.7 Å². The molecule has 1 aromatic rings. The third kappa shape index (κ3) is 3.07. The lowest BCUT2D eigenvalue weighted by Crippen LogP contribution is -2.58. The normalized spacial score (nSPS) is 12.3. The lowest BCUT2D eigenvalue weighted by atomic mass is 9.86. The van der Waals surface area contributed by atoms with Gasteiger partial charge in [-0.2, -0.15) is 0 Å². The smallest absolute Gasteiger partial charge is 0.326 e. The molecule has 0 saturated heterocycles. The Kier molecular flexibility index (Phi) is 3.47. The van der Waals surface area contributed by atoms with Gasteiger partial charge in [0.1, 0.15) is 5.69 Å². The highest BCUT2D eigenvalue weighted by atomic mass is 16.3. The molecule has 0 radical (unpaired) electrons. The van der Waals surface area contributed by atoms with Crippen LogP contribution in [0.15, 0.2) is 15.7 Å². The number of aromatic nitrogens is 2.